The number of nitrogens with one attached hydrogen (secondary N) is 1. The zero-order valence-corrected chi connectivity index (χ0v) is 17.6. The number of halogens is 1. The van der Waals surface area contributed by atoms with Crippen LogP contribution >= 0.6 is 12.4 Å². The fraction of sp³-hybridized carbons (Fsp3) is 0.636. The van der Waals surface area contributed by atoms with Gasteiger partial charge in [0.1, 0.15) is 0 Å². The Kier molecular flexibility index (Phi) is 5.76. The first-order valence-corrected chi connectivity index (χ1v) is 10.9. The SMILES string of the molecule is Cl.NC1C2CCCC1CC(C(=O)N1CCC(n3c(=O)[nH]c4ccccc43)CC1)C2. The number of hydrogen-bond acceptors (Lipinski definition) is 3. The van der Waals surface area contributed by atoms with E-state index >= 15 is 0 Å². The number of likely N-dealkylation sites (tertiary alicyclic amines) is 1. The summed E-state index contributed by atoms with van der Waals surface area (Å²) in [5, 5.41) is 0. The van der Waals surface area contributed by atoms with Gasteiger partial charge in [0.25, 0.3) is 0 Å². The van der Waals surface area contributed by atoms with E-state index in [0.717, 1.165) is 49.8 Å². The quantitative estimate of drug-likeness (QED) is 0.786. The van der Waals surface area contributed by atoms with E-state index in [4.69, 9.17) is 5.73 Å². The van der Waals surface area contributed by atoms with Gasteiger partial charge in [0, 0.05) is 31.1 Å². The number of aromatic amines is 1. The van der Waals surface area contributed by atoms with Crippen LogP contribution in [0.2, 0.25) is 0 Å². The van der Waals surface area contributed by atoms with Gasteiger partial charge in [0.15, 0.2) is 0 Å². The van der Waals surface area contributed by atoms with Crippen LogP contribution in [0.4, 0.5) is 0 Å². The van der Waals surface area contributed by atoms with Gasteiger partial charge in [-0.15, -0.1) is 12.4 Å². The first kappa shape index (κ1) is 20.5. The van der Waals surface area contributed by atoms with Crippen molar-refractivity contribution in [1.82, 2.24) is 14.5 Å². The molecule has 1 aromatic carbocycles. The molecule has 2 unspecified atom stereocenters. The van der Waals surface area contributed by atoms with Crippen LogP contribution in [0.25, 0.3) is 11.0 Å². The van der Waals surface area contributed by atoms with Crippen molar-refractivity contribution in [3.63, 3.8) is 0 Å². The molecule has 7 heteroatoms. The molecule has 158 valence electrons. The number of nitrogens with zero attached hydrogens (tertiary/aromatic N) is 2. The lowest BCUT2D eigenvalue weighted by Gasteiger charge is -2.45. The summed E-state index contributed by atoms with van der Waals surface area (Å²) in [4.78, 5) is 30.6. The number of rotatable bonds is 2. The zero-order chi connectivity index (χ0) is 19.3. The van der Waals surface area contributed by atoms with E-state index in [9.17, 15) is 9.59 Å². The molecule has 3 N–H and O–H groups in total. The summed E-state index contributed by atoms with van der Waals surface area (Å²) in [6.45, 7) is 1.49. The van der Waals surface area contributed by atoms with Crippen molar-refractivity contribution in [2.75, 3.05) is 13.1 Å². The highest BCUT2D eigenvalue weighted by molar-refractivity contribution is 5.85. The molecule has 2 heterocycles. The molecule has 29 heavy (non-hydrogen) atoms. The van der Waals surface area contributed by atoms with Gasteiger partial charge in [-0.25, -0.2) is 4.79 Å². The van der Waals surface area contributed by atoms with E-state index < -0.39 is 0 Å². The third-order valence-corrected chi connectivity index (χ3v) is 7.53. The zero-order valence-electron chi connectivity index (χ0n) is 16.8. The van der Waals surface area contributed by atoms with Crippen molar-refractivity contribution >= 4 is 29.3 Å². The van der Waals surface area contributed by atoms with Crippen LogP contribution in [0.3, 0.4) is 0 Å². The summed E-state index contributed by atoms with van der Waals surface area (Å²) in [6, 6.07) is 8.31. The number of para-hydroxylation sites is 2. The van der Waals surface area contributed by atoms with Crippen molar-refractivity contribution < 1.29 is 4.79 Å². The third-order valence-electron chi connectivity index (χ3n) is 7.53. The maximum Gasteiger partial charge on any atom is 0.326 e. The third kappa shape index (κ3) is 3.61. The minimum atomic E-state index is -0.0416. The molecule has 0 spiro atoms. The van der Waals surface area contributed by atoms with E-state index in [1.807, 2.05) is 33.7 Å². The van der Waals surface area contributed by atoms with Crippen LogP contribution in [0.1, 0.15) is 51.0 Å². The molecule has 2 saturated carbocycles. The number of carbonyl (C=O) groups excluding carboxylic acids is 1. The number of nitrogens with two attached hydrogens (primary N) is 1. The first-order valence-electron chi connectivity index (χ1n) is 10.9. The molecule has 0 radical (unpaired) electrons. The fourth-order valence-electron chi connectivity index (χ4n) is 6.03. The van der Waals surface area contributed by atoms with Crippen LogP contribution in [-0.2, 0) is 4.79 Å². The Balaban J connectivity index is 0.00000205. The van der Waals surface area contributed by atoms with Gasteiger partial charge in [-0.1, -0.05) is 18.6 Å². The maximum atomic E-state index is 13.2. The standard InChI is InChI=1S/C22H30N4O2.ClH/c23-20-14-4-3-5-15(20)13-16(12-14)21(27)25-10-8-17(9-11-25)26-19-7-2-1-6-18(19)24-22(26)28;/h1-2,6-7,14-17,20H,3-5,8-13,23H2,(H,24,28);1H. The molecule has 6 nitrogen and oxygen atoms in total. The van der Waals surface area contributed by atoms with Crippen molar-refractivity contribution in [3.8, 4) is 0 Å². The number of aromatic nitrogens is 2. The number of benzene rings is 1. The van der Waals surface area contributed by atoms with Crippen LogP contribution in [0.5, 0.6) is 0 Å². The van der Waals surface area contributed by atoms with Gasteiger partial charge in [-0.2, -0.15) is 0 Å². The number of hydrogen-bond donors (Lipinski definition) is 2. The minimum Gasteiger partial charge on any atom is -0.342 e. The monoisotopic (exact) mass is 418 g/mol. The van der Waals surface area contributed by atoms with Gasteiger partial charge >= 0.3 is 5.69 Å². The van der Waals surface area contributed by atoms with Crippen LogP contribution < -0.4 is 11.4 Å². The summed E-state index contributed by atoms with van der Waals surface area (Å²) in [5.74, 6) is 1.54. The van der Waals surface area contributed by atoms with E-state index in [0.29, 0.717) is 23.8 Å². The molecule has 3 fully saturated rings. The van der Waals surface area contributed by atoms with Gasteiger partial charge in [0.2, 0.25) is 5.91 Å². The Morgan fingerprint density at radius 3 is 2.38 bits per heavy atom. The van der Waals surface area contributed by atoms with Crippen molar-refractivity contribution in [3.05, 3.63) is 34.7 Å². The highest BCUT2D eigenvalue weighted by atomic mass is 35.5. The topological polar surface area (TPSA) is 84.1 Å². The second-order valence-electron chi connectivity index (χ2n) is 9.07. The molecule has 3 aliphatic rings. The lowest BCUT2D eigenvalue weighted by molar-refractivity contribution is -0.140. The van der Waals surface area contributed by atoms with Crippen LogP contribution in [0.15, 0.2) is 29.1 Å². The second kappa shape index (κ2) is 8.15. The van der Waals surface area contributed by atoms with Gasteiger partial charge in [-0.3, -0.25) is 9.36 Å². The predicted octanol–water partition coefficient (Wildman–Crippen LogP) is 3.07. The van der Waals surface area contributed by atoms with Crippen LogP contribution in [0, 0.1) is 17.8 Å². The number of amides is 1. The highest BCUT2D eigenvalue weighted by Crippen LogP contribution is 2.42. The Morgan fingerprint density at radius 2 is 1.69 bits per heavy atom. The van der Waals surface area contributed by atoms with E-state index in [1.54, 1.807) is 0 Å². The molecule has 5 rings (SSSR count). The molecule has 2 aromatic rings. The minimum absolute atomic E-state index is 0. The normalized spacial score (nSPS) is 30.2. The fourth-order valence-corrected chi connectivity index (χ4v) is 6.03. The Morgan fingerprint density at radius 1 is 1.03 bits per heavy atom. The van der Waals surface area contributed by atoms with Gasteiger partial charge < -0.3 is 15.6 Å². The highest BCUT2D eigenvalue weighted by Gasteiger charge is 2.42. The molecular formula is C22H31ClN4O2. The molecule has 2 atom stereocenters. The summed E-state index contributed by atoms with van der Waals surface area (Å²) >= 11 is 0. The first-order chi connectivity index (χ1) is 13.6. The number of H-pyrrole nitrogens is 1. The molecule has 1 amide bonds. The van der Waals surface area contributed by atoms with Gasteiger partial charge in [-0.05, 0) is 62.5 Å². The number of piperidine rings is 1. The summed E-state index contributed by atoms with van der Waals surface area (Å²) in [5.41, 5.74) is 8.20. The average Bonchev–Trinajstić information content (AvgIpc) is 3.03. The Hall–Kier alpha value is -1.79. The average molecular weight is 419 g/mol. The van der Waals surface area contributed by atoms with Gasteiger partial charge in [0.05, 0.1) is 11.0 Å². The molecule has 2 aliphatic carbocycles. The second-order valence-corrected chi connectivity index (χ2v) is 9.07. The number of carbonyl (C=O) groups is 1. The summed E-state index contributed by atoms with van der Waals surface area (Å²) in [7, 11) is 0. The molecule has 1 aromatic heterocycles. The van der Waals surface area contributed by atoms with Crippen LogP contribution in [-0.4, -0.2) is 39.5 Å². The van der Waals surface area contributed by atoms with E-state index in [2.05, 4.69) is 4.98 Å². The number of fused-ring (bicyclic) bond motifs is 3. The van der Waals surface area contributed by atoms with E-state index in [-0.39, 0.29) is 30.1 Å². The predicted molar refractivity (Wildman–Crippen MR) is 116 cm³/mol. The lowest BCUT2D eigenvalue weighted by Crippen LogP contribution is -2.51. The molecule has 2 bridgehead atoms. The van der Waals surface area contributed by atoms with Crippen molar-refractivity contribution in [2.45, 2.75) is 57.0 Å². The number of imidazole rings is 1. The molecule has 1 aliphatic heterocycles. The summed E-state index contributed by atoms with van der Waals surface area (Å²) < 4.78 is 1.89. The Labute approximate surface area is 177 Å². The summed E-state index contributed by atoms with van der Waals surface area (Å²) in [6.07, 6.45) is 7.27. The largest absolute Gasteiger partial charge is 0.342 e. The smallest absolute Gasteiger partial charge is 0.326 e. The van der Waals surface area contributed by atoms with Crippen molar-refractivity contribution in [2.24, 2.45) is 23.5 Å². The van der Waals surface area contributed by atoms with E-state index in [1.165, 1.54) is 19.3 Å². The van der Waals surface area contributed by atoms with Crippen molar-refractivity contribution in [1.29, 1.82) is 0 Å². The molecular weight excluding hydrogens is 388 g/mol. The maximum absolute atomic E-state index is 13.2. The Bertz CT molecular complexity index is 916. The molecule has 1 saturated heterocycles. The lowest BCUT2D eigenvalue weighted by atomic mass is 9.65.